The number of nitrogens with zero attached hydrogens (tertiary/aromatic N) is 1. The van der Waals surface area contributed by atoms with Gasteiger partial charge in [-0.25, -0.2) is 9.59 Å². The topological polar surface area (TPSA) is 65.1 Å². The minimum Gasteiger partial charge on any atom is -0.496 e. The van der Waals surface area contributed by atoms with Crippen molar-refractivity contribution in [2.45, 2.75) is 51.6 Å². The van der Waals surface area contributed by atoms with E-state index in [4.69, 9.17) is 14.2 Å². The Morgan fingerprint density at radius 3 is 2.46 bits per heavy atom. The number of esters is 1. The van der Waals surface area contributed by atoms with Gasteiger partial charge in [0.05, 0.1) is 14.2 Å². The second kappa shape index (κ2) is 8.43. The number of hydrogen-bond donors (Lipinski definition) is 0. The van der Waals surface area contributed by atoms with E-state index in [1.54, 1.807) is 11.0 Å². The summed E-state index contributed by atoms with van der Waals surface area (Å²) in [5.41, 5.74) is 1.01. The van der Waals surface area contributed by atoms with Crippen LogP contribution < -0.4 is 4.74 Å². The van der Waals surface area contributed by atoms with Crippen molar-refractivity contribution in [3.63, 3.8) is 0 Å². The second-order valence-corrected chi connectivity index (χ2v) is 7.55. The van der Waals surface area contributed by atoms with Crippen molar-refractivity contribution >= 4 is 12.1 Å². The maximum atomic E-state index is 12.3. The number of carbonyl (C=O) groups is 2. The fourth-order valence-electron chi connectivity index (χ4n) is 3.19. The third-order valence-corrected chi connectivity index (χ3v) is 4.48. The highest BCUT2D eigenvalue weighted by molar-refractivity contribution is 5.92. The van der Waals surface area contributed by atoms with Crippen LogP contribution in [0.15, 0.2) is 18.2 Å². The highest BCUT2D eigenvalue weighted by Gasteiger charge is 2.26. The van der Waals surface area contributed by atoms with E-state index in [2.05, 4.69) is 0 Å². The molecule has 26 heavy (non-hydrogen) atoms. The van der Waals surface area contributed by atoms with Crippen LogP contribution in [0.4, 0.5) is 4.79 Å². The Morgan fingerprint density at radius 2 is 1.85 bits per heavy atom. The van der Waals surface area contributed by atoms with Crippen LogP contribution in [-0.4, -0.2) is 49.9 Å². The van der Waals surface area contributed by atoms with Gasteiger partial charge in [-0.05, 0) is 63.6 Å². The molecule has 1 aliphatic rings. The molecule has 0 saturated carbocycles. The van der Waals surface area contributed by atoms with Gasteiger partial charge in [0.2, 0.25) is 0 Å². The van der Waals surface area contributed by atoms with E-state index in [1.165, 1.54) is 14.2 Å². The monoisotopic (exact) mass is 363 g/mol. The van der Waals surface area contributed by atoms with Crippen LogP contribution in [0.25, 0.3) is 0 Å². The van der Waals surface area contributed by atoms with Crippen LogP contribution in [-0.2, 0) is 9.47 Å². The maximum absolute atomic E-state index is 12.3. The SMILES string of the molecule is COC(=O)c1cc(C2CCCN(C(=O)OC(C)(C)C)CC2)ccc1OC. The van der Waals surface area contributed by atoms with Crippen LogP contribution in [0.5, 0.6) is 5.75 Å². The van der Waals surface area contributed by atoms with Crippen LogP contribution in [0.3, 0.4) is 0 Å². The Morgan fingerprint density at radius 1 is 1.12 bits per heavy atom. The third-order valence-electron chi connectivity index (χ3n) is 4.48. The van der Waals surface area contributed by atoms with E-state index in [0.29, 0.717) is 24.4 Å². The molecule has 1 atom stereocenters. The normalized spacial score (nSPS) is 18.0. The standard InChI is InChI=1S/C20H29NO5/c1-20(2,3)26-19(23)21-11-6-7-14(10-12-21)15-8-9-17(24-4)16(13-15)18(22)25-5/h8-9,13-14H,6-7,10-12H2,1-5H3. The van der Waals surface area contributed by atoms with Gasteiger partial charge in [0.25, 0.3) is 0 Å². The van der Waals surface area contributed by atoms with Gasteiger partial charge in [-0.2, -0.15) is 0 Å². The highest BCUT2D eigenvalue weighted by atomic mass is 16.6. The molecule has 0 aromatic heterocycles. The summed E-state index contributed by atoms with van der Waals surface area (Å²) in [5, 5.41) is 0. The van der Waals surface area contributed by atoms with Crippen molar-refractivity contribution < 1.29 is 23.8 Å². The van der Waals surface area contributed by atoms with E-state index >= 15 is 0 Å². The molecule has 1 amide bonds. The number of benzene rings is 1. The van der Waals surface area contributed by atoms with E-state index in [0.717, 1.165) is 24.8 Å². The summed E-state index contributed by atoms with van der Waals surface area (Å²) in [6.07, 6.45) is 2.41. The maximum Gasteiger partial charge on any atom is 0.410 e. The molecule has 144 valence electrons. The Kier molecular flexibility index (Phi) is 6.51. The zero-order valence-corrected chi connectivity index (χ0v) is 16.3. The van der Waals surface area contributed by atoms with Crippen molar-refractivity contribution in [3.8, 4) is 5.75 Å². The molecule has 0 N–H and O–H groups in total. The van der Waals surface area contributed by atoms with Crippen molar-refractivity contribution in [2.75, 3.05) is 27.3 Å². The Balaban J connectivity index is 2.11. The molecule has 1 fully saturated rings. The minimum absolute atomic E-state index is 0.261. The van der Waals surface area contributed by atoms with Crippen molar-refractivity contribution in [1.29, 1.82) is 0 Å². The Hall–Kier alpha value is -2.24. The van der Waals surface area contributed by atoms with E-state index in [1.807, 2.05) is 32.9 Å². The molecule has 1 unspecified atom stereocenters. The largest absolute Gasteiger partial charge is 0.496 e. The lowest BCUT2D eigenvalue weighted by atomic mass is 9.91. The zero-order chi connectivity index (χ0) is 19.3. The van der Waals surface area contributed by atoms with Crippen molar-refractivity contribution in [1.82, 2.24) is 4.90 Å². The van der Waals surface area contributed by atoms with Gasteiger partial charge >= 0.3 is 12.1 Å². The summed E-state index contributed by atoms with van der Waals surface area (Å²) in [4.78, 5) is 26.1. The van der Waals surface area contributed by atoms with Crippen LogP contribution in [0.2, 0.25) is 0 Å². The Bertz CT molecular complexity index is 650. The molecule has 1 heterocycles. The number of amides is 1. The average Bonchev–Trinajstić information content (AvgIpc) is 2.85. The molecular weight excluding hydrogens is 334 g/mol. The molecular formula is C20H29NO5. The minimum atomic E-state index is -0.492. The lowest BCUT2D eigenvalue weighted by Crippen LogP contribution is -2.37. The van der Waals surface area contributed by atoms with Gasteiger partial charge in [-0.3, -0.25) is 0 Å². The fourth-order valence-corrected chi connectivity index (χ4v) is 3.19. The van der Waals surface area contributed by atoms with Gasteiger partial charge in [0, 0.05) is 13.1 Å². The van der Waals surface area contributed by atoms with Crippen LogP contribution in [0.1, 0.15) is 61.9 Å². The van der Waals surface area contributed by atoms with E-state index in [-0.39, 0.29) is 12.0 Å². The van der Waals surface area contributed by atoms with E-state index in [9.17, 15) is 9.59 Å². The zero-order valence-electron chi connectivity index (χ0n) is 16.3. The fraction of sp³-hybridized carbons (Fsp3) is 0.600. The first-order valence-corrected chi connectivity index (χ1v) is 8.99. The van der Waals surface area contributed by atoms with Gasteiger partial charge < -0.3 is 19.1 Å². The van der Waals surface area contributed by atoms with Gasteiger partial charge in [-0.15, -0.1) is 0 Å². The highest BCUT2D eigenvalue weighted by Crippen LogP contribution is 2.32. The number of likely N-dealkylation sites (tertiary alicyclic amines) is 1. The molecule has 0 aliphatic carbocycles. The summed E-state index contributed by atoms with van der Waals surface area (Å²) in [7, 11) is 2.89. The first kappa shape index (κ1) is 20.1. The first-order valence-electron chi connectivity index (χ1n) is 8.99. The predicted octanol–water partition coefficient (Wildman–Crippen LogP) is 3.99. The Labute approximate surface area is 155 Å². The lowest BCUT2D eigenvalue weighted by molar-refractivity contribution is 0.0256. The van der Waals surface area contributed by atoms with Gasteiger partial charge in [0.1, 0.15) is 16.9 Å². The number of hydrogen-bond acceptors (Lipinski definition) is 5. The molecule has 6 heteroatoms. The molecule has 6 nitrogen and oxygen atoms in total. The number of carbonyl (C=O) groups excluding carboxylic acids is 2. The third kappa shape index (κ3) is 5.13. The van der Waals surface area contributed by atoms with E-state index < -0.39 is 11.6 Å². The number of rotatable bonds is 3. The van der Waals surface area contributed by atoms with Gasteiger partial charge in [-0.1, -0.05) is 6.07 Å². The van der Waals surface area contributed by atoms with Crippen LogP contribution >= 0.6 is 0 Å². The quantitative estimate of drug-likeness (QED) is 0.760. The first-order chi connectivity index (χ1) is 12.2. The second-order valence-electron chi connectivity index (χ2n) is 7.55. The van der Waals surface area contributed by atoms with Crippen molar-refractivity contribution in [2.24, 2.45) is 0 Å². The summed E-state index contributed by atoms with van der Waals surface area (Å²) in [6.45, 7) is 6.94. The molecule has 1 saturated heterocycles. The molecule has 0 radical (unpaired) electrons. The summed E-state index contributed by atoms with van der Waals surface area (Å²) in [6, 6.07) is 5.63. The molecule has 1 aromatic rings. The summed E-state index contributed by atoms with van der Waals surface area (Å²) < 4.78 is 15.6. The molecule has 2 rings (SSSR count). The van der Waals surface area contributed by atoms with Crippen LogP contribution in [0, 0.1) is 0 Å². The average molecular weight is 363 g/mol. The van der Waals surface area contributed by atoms with Gasteiger partial charge in [0.15, 0.2) is 0 Å². The van der Waals surface area contributed by atoms with Crippen molar-refractivity contribution in [3.05, 3.63) is 29.3 Å². The number of ether oxygens (including phenoxy) is 3. The number of methoxy groups -OCH3 is 2. The molecule has 1 aromatic carbocycles. The smallest absolute Gasteiger partial charge is 0.410 e. The molecule has 0 bridgehead atoms. The molecule has 0 spiro atoms. The predicted molar refractivity (Wildman–Crippen MR) is 98.7 cm³/mol. The lowest BCUT2D eigenvalue weighted by Gasteiger charge is -2.26. The summed E-state index contributed by atoms with van der Waals surface area (Å²) in [5.74, 6) is 0.369. The summed E-state index contributed by atoms with van der Waals surface area (Å²) >= 11 is 0. The molecule has 1 aliphatic heterocycles.